The van der Waals surface area contributed by atoms with Crippen LogP contribution in [0.15, 0.2) is 24.3 Å². The highest BCUT2D eigenvalue weighted by Gasteiger charge is 2.38. The lowest BCUT2D eigenvalue weighted by Crippen LogP contribution is -2.51. The van der Waals surface area contributed by atoms with Crippen LogP contribution in [-0.2, 0) is 11.2 Å². The van der Waals surface area contributed by atoms with Crippen molar-refractivity contribution in [2.45, 2.75) is 51.0 Å². The van der Waals surface area contributed by atoms with E-state index in [2.05, 4.69) is 24.4 Å². The van der Waals surface area contributed by atoms with Gasteiger partial charge in [-0.25, -0.2) is 0 Å². The topological polar surface area (TPSA) is 56.1 Å². The smallest absolute Gasteiger partial charge is 0.242 e. The van der Waals surface area contributed by atoms with Crippen LogP contribution in [0, 0.1) is 11.3 Å². The van der Waals surface area contributed by atoms with Gasteiger partial charge in [-0.2, -0.15) is 5.26 Å². The minimum absolute atomic E-state index is 0.0191. The van der Waals surface area contributed by atoms with Crippen LogP contribution in [0.2, 0.25) is 0 Å². The van der Waals surface area contributed by atoms with Crippen molar-refractivity contribution in [1.82, 2.24) is 4.90 Å². The van der Waals surface area contributed by atoms with Crippen LogP contribution in [-0.4, -0.2) is 29.9 Å². The van der Waals surface area contributed by atoms with E-state index < -0.39 is 5.54 Å². The first kappa shape index (κ1) is 16.4. The van der Waals surface area contributed by atoms with Crippen molar-refractivity contribution in [2.75, 3.05) is 18.9 Å². The van der Waals surface area contributed by atoms with E-state index in [4.69, 9.17) is 0 Å². The average molecular weight is 299 g/mol. The average Bonchev–Trinajstić information content (AvgIpc) is 2.59. The number of aryl methyl sites for hydroxylation is 1. The summed E-state index contributed by atoms with van der Waals surface area (Å²) in [5.74, 6) is -0.0191. The van der Waals surface area contributed by atoms with Gasteiger partial charge in [0.05, 0.1) is 12.6 Å². The number of rotatable bonds is 5. The number of nitrogens with one attached hydrogen (secondary N) is 1. The zero-order valence-corrected chi connectivity index (χ0v) is 13.6. The molecule has 0 aliphatic heterocycles. The molecule has 4 nitrogen and oxygen atoms in total. The molecule has 0 saturated heterocycles. The number of para-hydroxylation sites is 1. The van der Waals surface area contributed by atoms with Crippen molar-refractivity contribution >= 4 is 11.6 Å². The Labute approximate surface area is 133 Å². The maximum atomic E-state index is 12.5. The van der Waals surface area contributed by atoms with Gasteiger partial charge in [0.15, 0.2) is 0 Å². The molecule has 0 heterocycles. The summed E-state index contributed by atoms with van der Waals surface area (Å²) in [6.45, 7) is 2.33. The Morgan fingerprint density at radius 2 is 2.00 bits per heavy atom. The Morgan fingerprint density at radius 3 is 2.64 bits per heavy atom. The van der Waals surface area contributed by atoms with Gasteiger partial charge in [-0.15, -0.1) is 0 Å². The number of carbonyl (C=O) groups is 1. The van der Waals surface area contributed by atoms with Gasteiger partial charge >= 0.3 is 0 Å². The molecule has 118 valence electrons. The van der Waals surface area contributed by atoms with Crippen molar-refractivity contribution in [2.24, 2.45) is 0 Å². The van der Waals surface area contributed by atoms with Crippen LogP contribution in [0.25, 0.3) is 0 Å². The van der Waals surface area contributed by atoms with Crippen molar-refractivity contribution in [3.05, 3.63) is 29.8 Å². The molecule has 1 amide bonds. The zero-order valence-electron chi connectivity index (χ0n) is 13.6. The third-order valence-electron chi connectivity index (χ3n) is 4.73. The first-order valence-corrected chi connectivity index (χ1v) is 8.12. The maximum Gasteiger partial charge on any atom is 0.242 e. The quantitative estimate of drug-likeness (QED) is 0.907. The molecule has 1 aliphatic carbocycles. The Balaban J connectivity index is 2.01. The predicted molar refractivity (Wildman–Crippen MR) is 88.5 cm³/mol. The molecule has 1 N–H and O–H groups in total. The fourth-order valence-electron chi connectivity index (χ4n) is 3.19. The van der Waals surface area contributed by atoms with Gasteiger partial charge in [-0.05, 0) is 30.9 Å². The maximum absolute atomic E-state index is 12.5. The predicted octanol–water partition coefficient (Wildman–Crippen LogP) is 3.35. The molecule has 0 bridgehead atoms. The van der Waals surface area contributed by atoms with E-state index >= 15 is 0 Å². The second-order valence-corrected chi connectivity index (χ2v) is 6.02. The monoisotopic (exact) mass is 299 g/mol. The van der Waals surface area contributed by atoms with E-state index in [0.717, 1.165) is 44.2 Å². The number of nitrogens with zero attached hydrogens (tertiary/aromatic N) is 2. The second-order valence-electron chi connectivity index (χ2n) is 6.02. The summed E-state index contributed by atoms with van der Waals surface area (Å²) in [7, 11) is 1.77. The van der Waals surface area contributed by atoms with Crippen LogP contribution < -0.4 is 5.32 Å². The van der Waals surface area contributed by atoms with Crippen molar-refractivity contribution in [3.8, 4) is 6.07 Å². The van der Waals surface area contributed by atoms with Crippen LogP contribution in [0.3, 0.4) is 0 Å². The van der Waals surface area contributed by atoms with E-state index in [1.54, 1.807) is 11.9 Å². The highest BCUT2D eigenvalue weighted by Crippen LogP contribution is 2.32. The molecular weight excluding hydrogens is 274 g/mol. The van der Waals surface area contributed by atoms with Gasteiger partial charge in [0.1, 0.15) is 5.54 Å². The minimum atomic E-state index is -0.610. The molecule has 22 heavy (non-hydrogen) atoms. The lowest BCUT2D eigenvalue weighted by atomic mass is 9.81. The van der Waals surface area contributed by atoms with E-state index in [1.165, 1.54) is 5.56 Å². The molecule has 1 aliphatic rings. The molecule has 1 aromatic carbocycles. The number of nitriles is 1. The SMILES string of the molecule is CCc1ccccc1NCC(=O)N(C)C1(C#N)CCCCC1. The number of hydrogen-bond donors (Lipinski definition) is 1. The molecule has 0 atom stereocenters. The fourth-order valence-corrected chi connectivity index (χ4v) is 3.19. The van der Waals surface area contributed by atoms with Gasteiger partial charge in [-0.1, -0.05) is 44.4 Å². The molecule has 0 radical (unpaired) electrons. The lowest BCUT2D eigenvalue weighted by Gasteiger charge is -2.39. The minimum Gasteiger partial charge on any atom is -0.376 e. The van der Waals surface area contributed by atoms with E-state index in [1.807, 2.05) is 18.2 Å². The Morgan fingerprint density at radius 1 is 1.32 bits per heavy atom. The van der Waals surface area contributed by atoms with E-state index in [0.29, 0.717) is 0 Å². The molecule has 0 aromatic heterocycles. The summed E-state index contributed by atoms with van der Waals surface area (Å²) in [6.07, 6.45) is 5.71. The fraction of sp³-hybridized carbons (Fsp3) is 0.556. The van der Waals surface area contributed by atoms with E-state index in [-0.39, 0.29) is 12.5 Å². The number of benzene rings is 1. The Bertz CT molecular complexity index is 556. The highest BCUT2D eigenvalue weighted by atomic mass is 16.2. The summed E-state index contributed by atoms with van der Waals surface area (Å²) in [5.41, 5.74) is 1.59. The summed E-state index contributed by atoms with van der Waals surface area (Å²) >= 11 is 0. The highest BCUT2D eigenvalue weighted by molar-refractivity contribution is 5.82. The number of amides is 1. The van der Waals surface area contributed by atoms with Gasteiger partial charge in [-0.3, -0.25) is 4.79 Å². The first-order valence-electron chi connectivity index (χ1n) is 8.12. The number of hydrogen-bond acceptors (Lipinski definition) is 3. The molecule has 4 heteroatoms. The van der Waals surface area contributed by atoms with Crippen molar-refractivity contribution < 1.29 is 4.79 Å². The third-order valence-corrected chi connectivity index (χ3v) is 4.73. The molecule has 0 unspecified atom stereocenters. The van der Waals surface area contributed by atoms with E-state index in [9.17, 15) is 10.1 Å². The summed E-state index contributed by atoms with van der Waals surface area (Å²) < 4.78 is 0. The lowest BCUT2D eigenvalue weighted by molar-refractivity contribution is -0.132. The standard InChI is InChI=1S/C18H25N3O/c1-3-15-9-5-6-10-16(15)20-13-17(22)21(2)18(14-19)11-7-4-8-12-18/h5-6,9-10,20H,3-4,7-8,11-13H2,1-2H3. The van der Waals surface area contributed by atoms with Gasteiger partial charge in [0, 0.05) is 12.7 Å². The molecule has 2 rings (SSSR count). The normalized spacial score (nSPS) is 16.6. The molecule has 1 fully saturated rings. The molecular formula is C18H25N3O. The van der Waals surface area contributed by atoms with Gasteiger partial charge in [0.2, 0.25) is 5.91 Å². The largest absolute Gasteiger partial charge is 0.376 e. The second kappa shape index (κ2) is 7.31. The zero-order chi connectivity index (χ0) is 16.0. The molecule has 1 aromatic rings. The van der Waals surface area contributed by atoms with Crippen molar-refractivity contribution in [3.63, 3.8) is 0 Å². The van der Waals surface area contributed by atoms with Gasteiger partial charge in [0.25, 0.3) is 0 Å². The molecule has 0 spiro atoms. The summed E-state index contributed by atoms with van der Waals surface area (Å²) in [5, 5.41) is 12.8. The molecule has 1 saturated carbocycles. The summed E-state index contributed by atoms with van der Waals surface area (Å²) in [4.78, 5) is 14.2. The Hall–Kier alpha value is -2.02. The van der Waals surface area contributed by atoms with Crippen molar-refractivity contribution in [1.29, 1.82) is 5.26 Å². The van der Waals surface area contributed by atoms with Crippen LogP contribution in [0.5, 0.6) is 0 Å². The number of anilines is 1. The van der Waals surface area contributed by atoms with Crippen LogP contribution >= 0.6 is 0 Å². The van der Waals surface area contributed by atoms with Crippen LogP contribution in [0.4, 0.5) is 5.69 Å². The third kappa shape index (κ3) is 3.41. The number of likely N-dealkylation sites (N-methyl/N-ethyl adjacent to an activating group) is 1. The first-order chi connectivity index (χ1) is 10.6. The Kier molecular flexibility index (Phi) is 5.43. The number of carbonyl (C=O) groups excluding carboxylic acids is 1. The van der Waals surface area contributed by atoms with Gasteiger partial charge < -0.3 is 10.2 Å². The van der Waals surface area contributed by atoms with Crippen LogP contribution in [0.1, 0.15) is 44.6 Å². The summed E-state index contributed by atoms with van der Waals surface area (Å²) in [6, 6.07) is 10.4.